The minimum Gasteiger partial charge on any atom is -0.504 e. The first-order valence-corrected chi connectivity index (χ1v) is 7.80. The van der Waals surface area contributed by atoms with E-state index in [0.717, 1.165) is 11.5 Å². The van der Waals surface area contributed by atoms with Gasteiger partial charge in [-0.05, 0) is 31.2 Å². The van der Waals surface area contributed by atoms with Gasteiger partial charge in [-0.3, -0.25) is 0 Å². The van der Waals surface area contributed by atoms with E-state index in [1.165, 1.54) is 19.3 Å². The highest BCUT2D eigenvalue weighted by Gasteiger charge is 2.26. The van der Waals surface area contributed by atoms with Crippen LogP contribution in [0.15, 0.2) is 18.2 Å². The molecule has 20 heavy (non-hydrogen) atoms. The van der Waals surface area contributed by atoms with E-state index in [9.17, 15) is 5.11 Å². The Hall–Kier alpha value is -1.22. The molecule has 0 amide bonds. The number of para-hydroxylation sites is 1. The summed E-state index contributed by atoms with van der Waals surface area (Å²) in [6.45, 7) is 7.87. The first kappa shape index (κ1) is 15.2. The van der Waals surface area contributed by atoms with E-state index in [-0.39, 0.29) is 5.75 Å². The number of hydrogen-bond acceptors (Lipinski definition) is 3. The molecular weight excluding hydrogens is 250 g/mol. The lowest BCUT2D eigenvalue weighted by Gasteiger charge is -2.34. The molecule has 0 bridgehead atoms. The Bertz CT molecular complexity index is 433. The lowest BCUT2D eigenvalue weighted by Crippen LogP contribution is -2.40. The third-order valence-corrected chi connectivity index (χ3v) is 4.64. The standard InChI is InChI=1S/C17H27NO2/c1-4-20-16-10-6-8-14(17(16)19)11-18-15-9-5-7-12(2)13(15)3/h6,8,10,12-13,15,18-19H,4-5,7,9,11H2,1-3H3. The third kappa shape index (κ3) is 3.45. The SMILES string of the molecule is CCOc1cccc(CNC2CCCC(C)C2C)c1O. The van der Waals surface area contributed by atoms with Crippen LogP contribution in [0.3, 0.4) is 0 Å². The van der Waals surface area contributed by atoms with Crippen molar-refractivity contribution in [3.05, 3.63) is 23.8 Å². The van der Waals surface area contributed by atoms with Crippen molar-refractivity contribution in [3.63, 3.8) is 0 Å². The summed E-state index contributed by atoms with van der Waals surface area (Å²) in [6.07, 6.45) is 3.87. The van der Waals surface area contributed by atoms with E-state index in [4.69, 9.17) is 4.74 Å². The number of phenolic OH excluding ortho intramolecular Hbond substituents is 1. The molecule has 1 aromatic carbocycles. The van der Waals surface area contributed by atoms with Gasteiger partial charge in [-0.1, -0.05) is 38.8 Å². The molecule has 1 aliphatic carbocycles. The Morgan fingerprint density at radius 1 is 1.30 bits per heavy atom. The fourth-order valence-electron chi connectivity index (χ4n) is 3.09. The number of aromatic hydroxyl groups is 1. The Labute approximate surface area is 122 Å². The lowest BCUT2D eigenvalue weighted by atomic mass is 9.78. The normalized spacial score (nSPS) is 26.4. The van der Waals surface area contributed by atoms with Crippen molar-refractivity contribution in [2.45, 2.75) is 52.6 Å². The van der Waals surface area contributed by atoms with Crippen LogP contribution in [0.2, 0.25) is 0 Å². The maximum Gasteiger partial charge on any atom is 0.162 e. The monoisotopic (exact) mass is 277 g/mol. The van der Waals surface area contributed by atoms with E-state index in [1.807, 2.05) is 25.1 Å². The summed E-state index contributed by atoms with van der Waals surface area (Å²) in [5.41, 5.74) is 0.918. The lowest BCUT2D eigenvalue weighted by molar-refractivity contribution is 0.205. The van der Waals surface area contributed by atoms with Crippen LogP contribution >= 0.6 is 0 Å². The summed E-state index contributed by atoms with van der Waals surface area (Å²) in [5, 5.41) is 13.8. The largest absolute Gasteiger partial charge is 0.504 e. The zero-order valence-corrected chi connectivity index (χ0v) is 12.9. The smallest absolute Gasteiger partial charge is 0.162 e. The van der Waals surface area contributed by atoms with Crippen LogP contribution in [0.4, 0.5) is 0 Å². The fourth-order valence-corrected chi connectivity index (χ4v) is 3.09. The highest BCUT2D eigenvalue weighted by atomic mass is 16.5. The molecule has 1 fully saturated rings. The van der Waals surface area contributed by atoms with Crippen molar-refractivity contribution in [2.24, 2.45) is 11.8 Å². The Morgan fingerprint density at radius 2 is 2.10 bits per heavy atom. The third-order valence-electron chi connectivity index (χ3n) is 4.64. The van der Waals surface area contributed by atoms with Crippen molar-refractivity contribution in [2.75, 3.05) is 6.61 Å². The number of ether oxygens (including phenoxy) is 1. The Morgan fingerprint density at radius 3 is 2.85 bits per heavy atom. The number of benzene rings is 1. The molecule has 3 unspecified atom stereocenters. The quantitative estimate of drug-likeness (QED) is 0.862. The van der Waals surface area contributed by atoms with Gasteiger partial charge in [0.15, 0.2) is 11.5 Å². The maximum absolute atomic E-state index is 10.2. The minimum atomic E-state index is 0.276. The summed E-state index contributed by atoms with van der Waals surface area (Å²) in [5.74, 6) is 2.33. The van der Waals surface area contributed by atoms with Gasteiger partial charge < -0.3 is 15.2 Å². The fraction of sp³-hybridized carbons (Fsp3) is 0.647. The van der Waals surface area contributed by atoms with Gasteiger partial charge in [0, 0.05) is 18.2 Å². The van der Waals surface area contributed by atoms with E-state index >= 15 is 0 Å². The van der Waals surface area contributed by atoms with E-state index in [2.05, 4.69) is 19.2 Å². The molecule has 0 saturated heterocycles. The average Bonchev–Trinajstić information content (AvgIpc) is 2.44. The molecule has 3 nitrogen and oxygen atoms in total. The summed E-state index contributed by atoms with van der Waals surface area (Å²) < 4.78 is 5.43. The van der Waals surface area contributed by atoms with Gasteiger partial charge >= 0.3 is 0 Å². The van der Waals surface area contributed by atoms with Crippen LogP contribution in [0.25, 0.3) is 0 Å². The molecule has 0 radical (unpaired) electrons. The molecule has 0 spiro atoms. The van der Waals surface area contributed by atoms with Crippen molar-refractivity contribution in [1.82, 2.24) is 5.32 Å². The predicted molar refractivity (Wildman–Crippen MR) is 82.1 cm³/mol. The molecule has 0 aliphatic heterocycles. The van der Waals surface area contributed by atoms with Crippen LogP contribution in [0.5, 0.6) is 11.5 Å². The number of phenols is 1. The molecule has 0 aromatic heterocycles. The molecule has 2 N–H and O–H groups in total. The molecule has 3 heteroatoms. The first-order valence-electron chi connectivity index (χ1n) is 7.80. The van der Waals surface area contributed by atoms with Crippen LogP contribution in [-0.4, -0.2) is 17.8 Å². The summed E-state index contributed by atoms with van der Waals surface area (Å²) >= 11 is 0. The zero-order chi connectivity index (χ0) is 14.5. The topological polar surface area (TPSA) is 41.5 Å². The van der Waals surface area contributed by atoms with E-state index in [1.54, 1.807) is 0 Å². The molecule has 1 saturated carbocycles. The second-order valence-electron chi connectivity index (χ2n) is 5.95. The molecule has 112 valence electrons. The molecule has 1 aliphatic rings. The minimum absolute atomic E-state index is 0.276. The number of hydrogen-bond donors (Lipinski definition) is 2. The van der Waals surface area contributed by atoms with Gasteiger partial charge in [-0.25, -0.2) is 0 Å². The van der Waals surface area contributed by atoms with Crippen LogP contribution < -0.4 is 10.1 Å². The zero-order valence-electron chi connectivity index (χ0n) is 12.9. The number of rotatable bonds is 5. The Balaban J connectivity index is 1.98. The number of nitrogens with one attached hydrogen (secondary N) is 1. The van der Waals surface area contributed by atoms with Gasteiger partial charge in [-0.15, -0.1) is 0 Å². The van der Waals surface area contributed by atoms with Gasteiger partial charge in [0.2, 0.25) is 0 Å². The van der Waals surface area contributed by atoms with Gasteiger partial charge in [0.1, 0.15) is 0 Å². The van der Waals surface area contributed by atoms with E-state index in [0.29, 0.717) is 30.9 Å². The Kier molecular flexibility index (Phi) is 5.30. The van der Waals surface area contributed by atoms with Crippen molar-refractivity contribution in [1.29, 1.82) is 0 Å². The van der Waals surface area contributed by atoms with Crippen molar-refractivity contribution < 1.29 is 9.84 Å². The predicted octanol–water partition coefficient (Wildman–Crippen LogP) is 3.71. The molecule has 0 heterocycles. The highest BCUT2D eigenvalue weighted by Crippen LogP contribution is 2.32. The van der Waals surface area contributed by atoms with Gasteiger partial charge in [0.05, 0.1) is 6.61 Å². The van der Waals surface area contributed by atoms with E-state index < -0.39 is 0 Å². The highest BCUT2D eigenvalue weighted by molar-refractivity contribution is 5.45. The molecular formula is C17H27NO2. The van der Waals surface area contributed by atoms with Crippen molar-refractivity contribution in [3.8, 4) is 11.5 Å². The van der Waals surface area contributed by atoms with Crippen LogP contribution in [0.1, 0.15) is 45.6 Å². The van der Waals surface area contributed by atoms with Crippen molar-refractivity contribution >= 4 is 0 Å². The molecule has 2 rings (SSSR count). The maximum atomic E-state index is 10.2. The average molecular weight is 277 g/mol. The summed E-state index contributed by atoms with van der Waals surface area (Å²) in [7, 11) is 0. The summed E-state index contributed by atoms with van der Waals surface area (Å²) in [6, 6.07) is 6.26. The van der Waals surface area contributed by atoms with Gasteiger partial charge in [0.25, 0.3) is 0 Å². The van der Waals surface area contributed by atoms with Crippen LogP contribution in [0, 0.1) is 11.8 Å². The molecule has 1 aromatic rings. The van der Waals surface area contributed by atoms with Gasteiger partial charge in [-0.2, -0.15) is 0 Å². The van der Waals surface area contributed by atoms with Crippen LogP contribution in [-0.2, 0) is 6.54 Å². The second-order valence-corrected chi connectivity index (χ2v) is 5.95. The second kappa shape index (κ2) is 6.98. The summed E-state index contributed by atoms with van der Waals surface area (Å²) in [4.78, 5) is 0. The first-order chi connectivity index (χ1) is 9.63. The molecule has 3 atom stereocenters.